The summed E-state index contributed by atoms with van der Waals surface area (Å²) >= 11 is 1.53. The molecule has 1 N–H and O–H groups in total. The smallest absolute Gasteiger partial charge is 0.305 e. The highest BCUT2D eigenvalue weighted by atomic mass is 32.1. The summed E-state index contributed by atoms with van der Waals surface area (Å²) < 4.78 is 5.15. The van der Waals surface area contributed by atoms with Gasteiger partial charge >= 0.3 is 5.97 Å². The number of benzene rings is 1. The third-order valence-electron chi connectivity index (χ3n) is 3.31. The zero-order chi connectivity index (χ0) is 16.1. The Balaban J connectivity index is 2.18. The van der Waals surface area contributed by atoms with Gasteiger partial charge in [-0.15, -0.1) is 11.3 Å². The fraction of sp³-hybridized carbons (Fsp3) is 0.375. The van der Waals surface area contributed by atoms with E-state index >= 15 is 0 Å². The van der Waals surface area contributed by atoms with Gasteiger partial charge < -0.3 is 14.7 Å². The molecule has 1 aromatic carbocycles. The van der Waals surface area contributed by atoms with Crippen LogP contribution in [0.15, 0.2) is 29.6 Å². The van der Waals surface area contributed by atoms with Crippen molar-refractivity contribution in [1.29, 1.82) is 0 Å². The summed E-state index contributed by atoms with van der Waals surface area (Å²) in [5, 5.41) is 11.7. The lowest BCUT2D eigenvalue weighted by atomic mass is 10.2. The van der Waals surface area contributed by atoms with Gasteiger partial charge in [-0.1, -0.05) is 0 Å². The van der Waals surface area contributed by atoms with Crippen molar-refractivity contribution in [3.05, 3.63) is 29.6 Å². The van der Waals surface area contributed by atoms with Crippen LogP contribution in [0.3, 0.4) is 0 Å². The number of aromatic nitrogens is 1. The Morgan fingerprint density at radius 1 is 1.36 bits per heavy atom. The fourth-order valence-corrected chi connectivity index (χ4v) is 3.08. The lowest BCUT2D eigenvalue weighted by Gasteiger charge is -2.25. The zero-order valence-electron chi connectivity index (χ0n) is 12.9. The summed E-state index contributed by atoms with van der Waals surface area (Å²) in [5.74, 6) is 0.0158. The van der Waals surface area contributed by atoms with E-state index in [1.165, 1.54) is 11.3 Å². The third-order valence-corrected chi connectivity index (χ3v) is 4.19. The van der Waals surface area contributed by atoms with Crippen molar-refractivity contribution in [2.75, 3.05) is 18.6 Å². The molecule has 0 amide bonds. The first kappa shape index (κ1) is 16.3. The molecular formula is C16H20N2O3S. The summed E-state index contributed by atoms with van der Waals surface area (Å²) in [6.07, 6.45) is 0.107. The first-order valence-corrected chi connectivity index (χ1v) is 7.97. The predicted molar refractivity (Wildman–Crippen MR) is 88.8 cm³/mol. The minimum Gasteiger partial charge on any atom is -0.497 e. The normalized spacial score (nSPS) is 10.7. The Hall–Kier alpha value is -2.08. The molecule has 0 saturated carbocycles. The van der Waals surface area contributed by atoms with Crippen LogP contribution in [0.1, 0.15) is 20.3 Å². The number of thiazole rings is 1. The summed E-state index contributed by atoms with van der Waals surface area (Å²) in [4.78, 5) is 17.5. The molecule has 2 aromatic rings. The van der Waals surface area contributed by atoms with Crippen molar-refractivity contribution in [2.45, 2.75) is 26.3 Å². The Morgan fingerprint density at radius 3 is 2.59 bits per heavy atom. The summed E-state index contributed by atoms with van der Waals surface area (Å²) in [5.41, 5.74) is 1.91. The topological polar surface area (TPSA) is 62.7 Å². The Morgan fingerprint density at radius 2 is 2.05 bits per heavy atom. The minimum atomic E-state index is -0.794. The van der Waals surface area contributed by atoms with Gasteiger partial charge in [-0.25, -0.2) is 4.98 Å². The van der Waals surface area contributed by atoms with Gasteiger partial charge in [0.25, 0.3) is 0 Å². The minimum absolute atomic E-state index is 0.107. The van der Waals surface area contributed by atoms with Crippen LogP contribution in [0.4, 0.5) is 5.13 Å². The molecule has 0 radical (unpaired) electrons. The molecule has 1 heterocycles. The van der Waals surface area contributed by atoms with Crippen molar-refractivity contribution in [1.82, 2.24) is 4.98 Å². The maximum Gasteiger partial charge on any atom is 0.305 e. The Bertz CT molecular complexity index is 623. The first-order valence-electron chi connectivity index (χ1n) is 7.09. The van der Waals surface area contributed by atoms with Crippen molar-refractivity contribution >= 4 is 22.4 Å². The SMILES string of the molecule is COc1ccc(-c2csc(N(CCC(=O)O)C(C)C)n2)cc1. The van der Waals surface area contributed by atoms with Crippen LogP contribution in [0.2, 0.25) is 0 Å². The molecule has 0 spiro atoms. The second-order valence-electron chi connectivity index (χ2n) is 5.17. The lowest BCUT2D eigenvalue weighted by Crippen LogP contribution is -2.32. The van der Waals surface area contributed by atoms with Crippen LogP contribution in [-0.2, 0) is 4.79 Å². The number of carbonyl (C=O) groups is 1. The number of rotatable bonds is 7. The van der Waals surface area contributed by atoms with Crippen LogP contribution in [0.5, 0.6) is 5.75 Å². The van der Waals surface area contributed by atoms with Crippen LogP contribution in [0.25, 0.3) is 11.3 Å². The monoisotopic (exact) mass is 320 g/mol. The van der Waals surface area contributed by atoms with Crippen LogP contribution in [-0.4, -0.2) is 35.8 Å². The average Bonchev–Trinajstić information content (AvgIpc) is 2.96. The fourth-order valence-electron chi connectivity index (χ4n) is 2.08. The molecular weight excluding hydrogens is 300 g/mol. The number of ether oxygens (including phenoxy) is 1. The molecule has 1 aromatic heterocycles. The van der Waals surface area contributed by atoms with Gasteiger partial charge in [0.1, 0.15) is 5.75 Å². The Kier molecular flexibility index (Phi) is 5.38. The number of hydrogen-bond donors (Lipinski definition) is 1. The molecule has 118 valence electrons. The summed E-state index contributed by atoms with van der Waals surface area (Å²) in [7, 11) is 1.64. The maximum absolute atomic E-state index is 10.8. The molecule has 2 rings (SSSR count). The van der Waals surface area contributed by atoms with Crippen molar-refractivity contribution in [3.63, 3.8) is 0 Å². The van der Waals surface area contributed by atoms with Gasteiger partial charge in [0, 0.05) is 23.5 Å². The number of anilines is 1. The number of hydrogen-bond acceptors (Lipinski definition) is 5. The van der Waals surface area contributed by atoms with Crippen molar-refractivity contribution in [3.8, 4) is 17.0 Å². The van der Waals surface area contributed by atoms with Crippen molar-refractivity contribution < 1.29 is 14.6 Å². The van der Waals surface area contributed by atoms with Gasteiger partial charge in [-0.05, 0) is 38.1 Å². The average molecular weight is 320 g/mol. The molecule has 0 aliphatic carbocycles. The van der Waals surface area contributed by atoms with Crippen LogP contribution < -0.4 is 9.64 Å². The zero-order valence-corrected chi connectivity index (χ0v) is 13.8. The number of carboxylic acid groups (broad SMARTS) is 1. The molecule has 0 atom stereocenters. The molecule has 5 nitrogen and oxygen atoms in total. The third kappa shape index (κ3) is 3.98. The van der Waals surface area contributed by atoms with Gasteiger partial charge in [-0.2, -0.15) is 0 Å². The highest BCUT2D eigenvalue weighted by Crippen LogP contribution is 2.29. The standard InChI is InChI=1S/C16H20N2O3S/c1-11(2)18(9-8-15(19)20)16-17-14(10-22-16)12-4-6-13(21-3)7-5-12/h4-7,10-11H,8-9H2,1-3H3,(H,19,20). The molecule has 22 heavy (non-hydrogen) atoms. The number of nitrogens with zero attached hydrogens (tertiary/aromatic N) is 2. The van der Waals surface area contributed by atoms with Gasteiger partial charge in [0.05, 0.1) is 19.2 Å². The largest absolute Gasteiger partial charge is 0.497 e. The highest BCUT2D eigenvalue weighted by Gasteiger charge is 2.16. The molecule has 0 fully saturated rings. The second-order valence-corrected chi connectivity index (χ2v) is 6.01. The number of aliphatic carboxylic acids is 1. The van der Waals surface area contributed by atoms with E-state index < -0.39 is 5.97 Å². The van der Waals surface area contributed by atoms with E-state index in [-0.39, 0.29) is 12.5 Å². The van der Waals surface area contributed by atoms with E-state index in [9.17, 15) is 4.79 Å². The molecule has 6 heteroatoms. The van der Waals surface area contributed by atoms with Gasteiger partial charge in [0.15, 0.2) is 5.13 Å². The predicted octanol–water partition coefficient (Wildman–Crippen LogP) is 3.51. The molecule has 0 unspecified atom stereocenters. The van der Waals surface area contributed by atoms with Crippen molar-refractivity contribution in [2.24, 2.45) is 0 Å². The second kappa shape index (κ2) is 7.26. The van der Waals surface area contributed by atoms with E-state index in [0.29, 0.717) is 6.54 Å². The van der Waals surface area contributed by atoms with Crippen LogP contribution >= 0.6 is 11.3 Å². The molecule has 0 bridgehead atoms. The molecule has 0 saturated heterocycles. The lowest BCUT2D eigenvalue weighted by molar-refractivity contribution is -0.136. The van der Waals surface area contributed by atoms with E-state index in [2.05, 4.69) is 4.98 Å². The Labute approximate surface area is 134 Å². The summed E-state index contributed by atoms with van der Waals surface area (Å²) in [6.45, 7) is 4.54. The van der Waals surface area contributed by atoms with Crippen LogP contribution in [0, 0.1) is 0 Å². The van der Waals surface area contributed by atoms with E-state index in [1.54, 1.807) is 7.11 Å². The molecule has 0 aliphatic rings. The van der Waals surface area contributed by atoms with E-state index in [4.69, 9.17) is 9.84 Å². The number of carboxylic acids is 1. The first-order chi connectivity index (χ1) is 10.5. The van der Waals surface area contributed by atoms with E-state index in [0.717, 1.165) is 22.1 Å². The maximum atomic E-state index is 10.8. The highest BCUT2D eigenvalue weighted by molar-refractivity contribution is 7.14. The molecule has 0 aliphatic heterocycles. The number of methoxy groups -OCH3 is 1. The van der Waals surface area contributed by atoms with Gasteiger partial charge in [0.2, 0.25) is 0 Å². The van der Waals surface area contributed by atoms with Gasteiger partial charge in [-0.3, -0.25) is 4.79 Å². The van der Waals surface area contributed by atoms with E-state index in [1.807, 2.05) is 48.4 Å². The summed E-state index contributed by atoms with van der Waals surface area (Å²) in [6, 6.07) is 7.94. The quantitative estimate of drug-likeness (QED) is 0.846.